The second-order valence-corrected chi connectivity index (χ2v) is 5.17. The summed E-state index contributed by atoms with van der Waals surface area (Å²) in [6.07, 6.45) is 4.51. The number of ether oxygens (including phenoxy) is 1. The Hall–Kier alpha value is -1.59. The number of anilines is 2. The molecule has 0 aliphatic rings. The molecule has 20 heavy (non-hydrogen) atoms. The smallest absolute Gasteiger partial charge is 0.119 e. The third-order valence-electron chi connectivity index (χ3n) is 3.01. The zero-order valence-corrected chi connectivity index (χ0v) is 13.0. The fourth-order valence-corrected chi connectivity index (χ4v) is 2.45. The Morgan fingerprint density at radius 1 is 1.25 bits per heavy atom. The largest absolute Gasteiger partial charge is 0.497 e. The molecular formula is C15H18BrN3O. The molecule has 1 aromatic heterocycles. The molecule has 4 nitrogen and oxygen atoms in total. The average Bonchev–Trinajstić information content (AvgIpc) is 2.50. The minimum absolute atomic E-state index is 0.662. The molecule has 2 aromatic rings. The van der Waals surface area contributed by atoms with Crippen LogP contribution in [0.25, 0.3) is 0 Å². The van der Waals surface area contributed by atoms with Crippen LogP contribution in [0.15, 0.2) is 47.2 Å². The molecule has 2 N–H and O–H groups in total. The van der Waals surface area contributed by atoms with Gasteiger partial charge in [0.05, 0.1) is 17.3 Å². The molecule has 0 bridgehead atoms. The van der Waals surface area contributed by atoms with Crippen molar-refractivity contribution in [2.24, 2.45) is 5.73 Å². The number of nitrogens with zero attached hydrogens (tertiary/aromatic N) is 2. The molecule has 0 unspecified atom stereocenters. The maximum atomic E-state index is 5.65. The molecule has 0 spiro atoms. The first kappa shape index (κ1) is 14.8. The first-order valence-corrected chi connectivity index (χ1v) is 7.26. The van der Waals surface area contributed by atoms with E-state index in [4.69, 9.17) is 10.5 Å². The van der Waals surface area contributed by atoms with Crippen molar-refractivity contribution in [3.63, 3.8) is 0 Å². The lowest BCUT2D eigenvalue weighted by Gasteiger charge is -2.26. The summed E-state index contributed by atoms with van der Waals surface area (Å²) in [5, 5.41) is 0. The van der Waals surface area contributed by atoms with Crippen LogP contribution in [0.2, 0.25) is 0 Å². The van der Waals surface area contributed by atoms with Crippen LogP contribution in [0, 0.1) is 0 Å². The van der Waals surface area contributed by atoms with Gasteiger partial charge >= 0.3 is 0 Å². The van der Waals surface area contributed by atoms with Gasteiger partial charge in [0.15, 0.2) is 0 Å². The highest BCUT2D eigenvalue weighted by atomic mass is 79.9. The maximum Gasteiger partial charge on any atom is 0.119 e. The summed E-state index contributed by atoms with van der Waals surface area (Å²) in [4.78, 5) is 6.33. The number of hydrogen-bond donors (Lipinski definition) is 1. The summed E-state index contributed by atoms with van der Waals surface area (Å²) < 4.78 is 6.17. The van der Waals surface area contributed by atoms with Crippen molar-refractivity contribution >= 4 is 27.3 Å². The van der Waals surface area contributed by atoms with Gasteiger partial charge in [0.1, 0.15) is 5.75 Å². The van der Waals surface area contributed by atoms with E-state index in [2.05, 4.69) is 25.8 Å². The summed E-state index contributed by atoms with van der Waals surface area (Å²) in [6, 6.07) is 10.00. The quantitative estimate of drug-likeness (QED) is 0.879. The van der Waals surface area contributed by atoms with E-state index < -0.39 is 0 Å². The van der Waals surface area contributed by atoms with Crippen LogP contribution >= 0.6 is 15.9 Å². The van der Waals surface area contributed by atoms with Crippen molar-refractivity contribution in [2.75, 3.05) is 25.1 Å². The second-order valence-electron chi connectivity index (χ2n) is 4.32. The van der Waals surface area contributed by atoms with Gasteiger partial charge in [0.25, 0.3) is 0 Å². The molecule has 0 aliphatic heterocycles. The van der Waals surface area contributed by atoms with Crippen LogP contribution in [0.3, 0.4) is 0 Å². The SMILES string of the molecule is COc1ccc(N(CCCN)c2ccncc2Br)cc1. The molecule has 1 aromatic carbocycles. The molecule has 1 heterocycles. The number of halogens is 1. The van der Waals surface area contributed by atoms with Crippen molar-refractivity contribution in [1.82, 2.24) is 4.98 Å². The van der Waals surface area contributed by atoms with Crippen molar-refractivity contribution in [1.29, 1.82) is 0 Å². The third kappa shape index (κ3) is 3.49. The lowest BCUT2D eigenvalue weighted by atomic mass is 10.2. The first-order valence-electron chi connectivity index (χ1n) is 6.47. The van der Waals surface area contributed by atoms with E-state index in [1.54, 1.807) is 19.5 Å². The lowest BCUT2D eigenvalue weighted by Crippen LogP contribution is -2.21. The monoisotopic (exact) mass is 335 g/mol. The minimum atomic E-state index is 0.662. The van der Waals surface area contributed by atoms with Gasteiger partial charge in [-0.1, -0.05) is 0 Å². The predicted octanol–water partition coefficient (Wildman–Crippen LogP) is 3.34. The van der Waals surface area contributed by atoms with Crippen molar-refractivity contribution in [2.45, 2.75) is 6.42 Å². The van der Waals surface area contributed by atoms with Gasteiger partial charge in [-0.3, -0.25) is 4.98 Å². The number of hydrogen-bond acceptors (Lipinski definition) is 4. The zero-order valence-electron chi connectivity index (χ0n) is 11.4. The molecule has 0 saturated heterocycles. The normalized spacial score (nSPS) is 10.3. The molecule has 0 fully saturated rings. The molecule has 0 saturated carbocycles. The number of aromatic nitrogens is 1. The van der Waals surface area contributed by atoms with Gasteiger partial charge in [-0.2, -0.15) is 0 Å². The van der Waals surface area contributed by atoms with E-state index in [0.717, 1.165) is 34.6 Å². The Labute approximate surface area is 127 Å². The van der Waals surface area contributed by atoms with Crippen LogP contribution < -0.4 is 15.4 Å². The van der Waals surface area contributed by atoms with Crippen molar-refractivity contribution in [3.8, 4) is 5.75 Å². The predicted molar refractivity (Wildman–Crippen MR) is 85.6 cm³/mol. The second kappa shape index (κ2) is 7.26. The van der Waals surface area contributed by atoms with Gasteiger partial charge in [0.2, 0.25) is 0 Å². The van der Waals surface area contributed by atoms with Crippen molar-refractivity contribution in [3.05, 3.63) is 47.2 Å². The number of nitrogens with two attached hydrogens (primary N) is 1. The van der Waals surface area contributed by atoms with Gasteiger partial charge in [0, 0.05) is 24.6 Å². The summed E-state index contributed by atoms with van der Waals surface area (Å²) >= 11 is 3.55. The fourth-order valence-electron chi connectivity index (χ4n) is 1.99. The minimum Gasteiger partial charge on any atom is -0.497 e. The van der Waals surface area contributed by atoms with E-state index in [9.17, 15) is 0 Å². The van der Waals surface area contributed by atoms with Crippen LogP contribution in [-0.2, 0) is 0 Å². The molecule has 0 amide bonds. The molecular weight excluding hydrogens is 318 g/mol. The number of pyridine rings is 1. The van der Waals surface area contributed by atoms with Crippen LogP contribution in [-0.4, -0.2) is 25.2 Å². The van der Waals surface area contributed by atoms with E-state index in [-0.39, 0.29) is 0 Å². The number of rotatable bonds is 6. The fraction of sp³-hybridized carbons (Fsp3) is 0.267. The summed E-state index contributed by atoms with van der Waals surface area (Å²) in [5.41, 5.74) is 7.83. The van der Waals surface area contributed by atoms with Crippen LogP contribution in [0.4, 0.5) is 11.4 Å². The standard InChI is InChI=1S/C15H18BrN3O/c1-20-13-5-3-12(4-6-13)19(10-2-8-17)15-7-9-18-11-14(15)16/h3-7,9,11H,2,8,10,17H2,1H3. The highest BCUT2D eigenvalue weighted by molar-refractivity contribution is 9.10. The molecule has 0 aliphatic carbocycles. The topological polar surface area (TPSA) is 51.4 Å². The zero-order chi connectivity index (χ0) is 14.4. The molecule has 2 rings (SSSR count). The van der Waals surface area contributed by atoms with Gasteiger partial charge in [-0.05, 0) is 59.2 Å². The van der Waals surface area contributed by atoms with Gasteiger partial charge < -0.3 is 15.4 Å². The Bertz CT molecular complexity index is 545. The Kier molecular flexibility index (Phi) is 5.38. The maximum absolute atomic E-state index is 5.65. The van der Waals surface area contributed by atoms with Gasteiger partial charge in [-0.25, -0.2) is 0 Å². The summed E-state index contributed by atoms with van der Waals surface area (Å²) in [6.45, 7) is 1.51. The van der Waals surface area contributed by atoms with E-state index in [1.165, 1.54) is 0 Å². The Morgan fingerprint density at radius 3 is 2.60 bits per heavy atom. The molecule has 0 atom stereocenters. The van der Waals surface area contributed by atoms with E-state index in [0.29, 0.717) is 6.54 Å². The Morgan fingerprint density at radius 2 is 2.00 bits per heavy atom. The third-order valence-corrected chi connectivity index (χ3v) is 3.62. The summed E-state index contributed by atoms with van der Waals surface area (Å²) in [5.74, 6) is 0.848. The Balaban J connectivity index is 2.33. The summed E-state index contributed by atoms with van der Waals surface area (Å²) in [7, 11) is 1.67. The lowest BCUT2D eigenvalue weighted by molar-refractivity contribution is 0.415. The first-order chi connectivity index (χ1) is 9.76. The molecule has 5 heteroatoms. The highest BCUT2D eigenvalue weighted by Crippen LogP contribution is 2.32. The van der Waals surface area contributed by atoms with Crippen LogP contribution in [0.5, 0.6) is 5.75 Å². The number of benzene rings is 1. The van der Waals surface area contributed by atoms with E-state index >= 15 is 0 Å². The number of methoxy groups -OCH3 is 1. The molecule has 0 radical (unpaired) electrons. The highest BCUT2D eigenvalue weighted by Gasteiger charge is 2.12. The average molecular weight is 336 g/mol. The van der Waals surface area contributed by atoms with Gasteiger partial charge in [-0.15, -0.1) is 0 Å². The van der Waals surface area contributed by atoms with Crippen molar-refractivity contribution < 1.29 is 4.74 Å². The van der Waals surface area contributed by atoms with E-state index in [1.807, 2.05) is 30.3 Å². The molecule has 106 valence electrons. The van der Waals surface area contributed by atoms with Crippen LogP contribution in [0.1, 0.15) is 6.42 Å².